The number of nitrogens with zero attached hydrogens (tertiary/aromatic N) is 4. The first-order valence-corrected chi connectivity index (χ1v) is 6.44. The molecule has 0 radical (unpaired) electrons. The number of benzene rings is 1. The van der Waals surface area contributed by atoms with E-state index in [4.69, 9.17) is 5.73 Å². The number of aromatic nitrogens is 4. The van der Waals surface area contributed by atoms with E-state index in [9.17, 15) is 4.79 Å². The standard InChI is InChI=1S/C12H11N5OS/c1-6-14-8-5-7(3-4-9(8)19-6)12-15-11(10(13)18)16-17(12)2/h3-5H,1-2H3,(H2,13,18). The Kier molecular flexibility index (Phi) is 2.56. The van der Waals surface area contributed by atoms with Gasteiger partial charge in [0, 0.05) is 12.6 Å². The van der Waals surface area contributed by atoms with Gasteiger partial charge in [-0.25, -0.2) is 14.6 Å². The molecule has 7 heteroatoms. The van der Waals surface area contributed by atoms with Gasteiger partial charge < -0.3 is 5.73 Å². The number of hydrogen-bond acceptors (Lipinski definition) is 5. The fraction of sp³-hybridized carbons (Fsp3) is 0.167. The number of amides is 1. The van der Waals surface area contributed by atoms with Gasteiger partial charge in [-0.15, -0.1) is 16.4 Å². The first-order valence-electron chi connectivity index (χ1n) is 5.63. The molecule has 0 atom stereocenters. The van der Waals surface area contributed by atoms with Gasteiger partial charge in [-0.1, -0.05) is 0 Å². The molecule has 0 fully saturated rings. The second-order valence-electron chi connectivity index (χ2n) is 4.16. The lowest BCUT2D eigenvalue weighted by Gasteiger charge is -1.99. The summed E-state index contributed by atoms with van der Waals surface area (Å²) in [6.45, 7) is 1.97. The molecule has 2 N–H and O–H groups in total. The zero-order chi connectivity index (χ0) is 13.6. The first-order chi connectivity index (χ1) is 9.04. The van der Waals surface area contributed by atoms with Crippen LogP contribution in [0.15, 0.2) is 18.2 Å². The molecule has 96 valence electrons. The second-order valence-corrected chi connectivity index (χ2v) is 5.40. The molecule has 0 spiro atoms. The Bertz CT molecular complexity index is 789. The van der Waals surface area contributed by atoms with E-state index in [2.05, 4.69) is 15.1 Å². The summed E-state index contributed by atoms with van der Waals surface area (Å²) in [5, 5.41) is 5.00. The van der Waals surface area contributed by atoms with E-state index < -0.39 is 5.91 Å². The predicted molar refractivity (Wildman–Crippen MR) is 72.9 cm³/mol. The van der Waals surface area contributed by atoms with Crippen LogP contribution in [0.5, 0.6) is 0 Å². The van der Waals surface area contributed by atoms with Crippen LogP contribution in [0.2, 0.25) is 0 Å². The summed E-state index contributed by atoms with van der Waals surface area (Å²) in [6, 6.07) is 5.87. The van der Waals surface area contributed by atoms with Crippen LogP contribution in [0, 0.1) is 6.92 Å². The van der Waals surface area contributed by atoms with Crippen LogP contribution in [-0.4, -0.2) is 25.7 Å². The third kappa shape index (κ3) is 1.97. The highest BCUT2D eigenvalue weighted by molar-refractivity contribution is 7.18. The third-order valence-electron chi connectivity index (χ3n) is 2.74. The molecule has 0 saturated carbocycles. The van der Waals surface area contributed by atoms with Crippen LogP contribution < -0.4 is 5.73 Å². The van der Waals surface area contributed by atoms with Crippen molar-refractivity contribution in [3.05, 3.63) is 29.0 Å². The summed E-state index contributed by atoms with van der Waals surface area (Å²) < 4.78 is 2.67. The van der Waals surface area contributed by atoms with E-state index in [1.165, 1.54) is 0 Å². The van der Waals surface area contributed by atoms with E-state index in [1.54, 1.807) is 23.1 Å². The number of carbonyl (C=O) groups excluding carboxylic acids is 1. The Balaban J connectivity index is 2.15. The molecule has 3 rings (SSSR count). The Morgan fingerprint density at radius 3 is 2.84 bits per heavy atom. The zero-order valence-corrected chi connectivity index (χ0v) is 11.2. The van der Waals surface area contributed by atoms with E-state index in [0.717, 1.165) is 20.8 Å². The maximum Gasteiger partial charge on any atom is 0.288 e. The van der Waals surface area contributed by atoms with Gasteiger partial charge in [-0.3, -0.25) is 4.79 Å². The minimum Gasteiger partial charge on any atom is -0.363 e. The van der Waals surface area contributed by atoms with Gasteiger partial charge in [0.15, 0.2) is 5.82 Å². The van der Waals surface area contributed by atoms with Crippen molar-refractivity contribution in [2.75, 3.05) is 0 Å². The van der Waals surface area contributed by atoms with Gasteiger partial charge in [-0.2, -0.15) is 0 Å². The molecule has 0 aliphatic rings. The fourth-order valence-electron chi connectivity index (χ4n) is 1.92. The summed E-state index contributed by atoms with van der Waals surface area (Å²) in [6.07, 6.45) is 0. The fourth-order valence-corrected chi connectivity index (χ4v) is 2.73. The maximum absolute atomic E-state index is 11.1. The van der Waals surface area contributed by atoms with Crippen molar-refractivity contribution in [1.29, 1.82) is 0 Å². The topological polar surface area (TPSA) is 86.7 Å². The average Bonchev–Trinajstić information content (AvgIpc) is 2.90. The van der Waals surface area contributed by atoms with Crippen molar-refractivity contribution in [2.45, 2.75) is 6.92 Å². The smallest absolute Gasteiger partial charge is 0.288 e. The van der Waals surface area contributed by atoms with Crippen molar-refractivity contribution in [3.63, 3.8) is 0 Å². The number of fused-ring (bicyclic) bond motifs is 1. The zero-order valence-electron chi connectivity index (χ0n) is 10.4. The molecule has 0 bridgehead atoms. The van der Waals surface area contributed by atoms with Gasteiger partial charge in [-0.05, 0) is 25.1 Å². The Morgan fingerprint density at radius 1 is 1.37 bits per heavy atom. The van der Waals surface area contributed by atoms with Gasteiger partial charge in [0.1, 0.15) is 0 Å². The highest BCUT2D eigenvalue weighted by atomic mass is 32.1. The molecule has 6 nitrogen and oxygen atoms in total. The molecule has 0 aliphatic carbocycles. The number of primary amides is 1. The Morgan fingerprint density at radius 2 is 2.16 bits per heavy atom. The number of aryl methyl sites for hydroxylation is 2. The van der Waals surface area contributed by atoms with E-state index in [-0.39, 0.29) is 5.82 Å². The molecule has 0 saturated heterocycles. The molecule has 3 aromatic rings. The SMILES string of the molecule is Cc1nc2cc(-c3nc(C(N)=O)nn3C)ccc2s1. The number of thiazole rings is 1. The number of nitrogens with two attached hydrogens (primary N) is 1. The largest absolute Gasteiger partial charge is 0.363 e. The van der Waals surface area contributed by atoms with Crippen LogP contribution in [-0.2, 0) is 7.05 Å². The van der Waals surface area contributed by atoms with Crippen molar-refractivity contribution in [1.82, 2.24) is 19.7 Å². The molecule has 1 amide bonds. The summed E-state index contributed by atoms with van der Waals surface area (Å²) in [4.78, 5) is 19.7. The van der Waals surface area contributed by atoms with E-state index >= 15 is 0 Å². The third-order valence-corrected chi connectivity index (χ3v) is 3.69. The van der Waals surface area contributed by atoms with Crippen LogP contribution >= 0.6 is 11.3 Å². The Hall–Kier alpha value is -2.28. The van der Waals surface area contributed by atoms with E-state index in [1.807, 2.05) is 25.1 Å². The van der Waals surface area contributed by atoms with Gasteiger partial charge in [0.05, 0.1) is 15.2 Å². The van der Waals surface area contributed by atoms with E-state index in [0.29, 0.717) is 5.82 Å². The molecule has 0 aliphatic heterocycles. The molecule has 19 heavy (non-hydrogen) atoms. The summed E-state index contributed by atoms with van der Waals surface area (Å²) in [5.74, 6) is -0.0131. The highest BCUT2D eigenvalue weighted by Gasteiger charge is 2.14. The quantitative estimate of drug-likeness (QED) is 0.766. The normalized spacial score (nSPS) is 11.1. The maximum atomic E-state index is 11.1. The monoisotopic (exact) mass is 273 g/mol. The highest BCUT2D eigenvalue weighted by Crippen LogP contribution is 2.26. The number of rotatable bonds is 2. The molecule has 1 aromatic carbocycles. The molecule has 0 unspecified atom stereocenters. The lowest BCUT2D eigenvalue weighted by Crippen LogP contribution is -2.13. The van der Waals surface area contributed by atoms with Crippen molar-refractivity contribution >= 4 is 27.5 Å². The number of hydrogen-bond donors (Lipinski definition) is 1. The van der Waals surface area contributed by atoms with Crippen LogP contribution in [0.25, 0.3) is 21.6 Å². The minimum absolute atomic E-state index is 0.0204. The average molecular weight is 273 g/mol. The van der Waals surface area contributed by atoms with Crippen LogP contribution in [0.1, 0.15) is 15.6 Å². The predicted octanol–water partition coefficient (Wildman–Crippen LogP) is 1.50. The van der Waals surface area contributed by atoms with Gasteiger partial charge in [0.25, 0.3) is 5.91 Å². The van der Waals surface area contributed by atoms with Crippen molar-refractivity contribution in [3.8, 4) is 11.4 Å². The molecule has 2 heterocycles. The van der Waals surface area contributed by atoms with Gasteiger partial charge >= 0.3 is 0 Å². The molecular weight excluding hydrogens is 262 g/mol. The second kappa shape index (κ2) is 4.13. The summed E-state index contributed by atoms with van der Waals surface area (Å²) in [5.41, 5.74) is 6.96. The molecular formula is C12H11N5OS. The van der Waals surface area contributed by atoms with Crippen molar-refractivity contribution < 1.29 is 4.79 Å². The van der Waals surface area contributed by atoms with Crippen LogP contribution in [0.3, 0.4) is 0 Å². The lowest BCUT2D eigenvalue weighted by atomic mass is 10.2. The Labute approximate surface area is 112 Å². The van der Waals surface area contributed by atoms with Crippen molar-refractivity contribution in [2.24, 2.45) is 12.8 Å². The minimum atomic E-state index is -0.632. The first kappa shape index (κ1) is 11.8. The lowest BCUT2D eigenvalue weighted by molar-refractivity contribution is 0.0990. The number of carbonyl (C=O) groups is 1. The van der Waals surface area contributed by atoms with Crippen LogP contribution in [0.4, 0.5) is 0 Å². The van der Waals surface area contributed by atoms with Gasteiger partial charge in [0.2, 0.25) is 5.82 Å². The molecule has 2 aromatic heterocycles. The summed E-state index contributed by atoms with van der Waals surface area (Å²) in [7, 11) is 1.73. The summed E-state index contributed by atoms with van der Waals surface area (Å²) >= 11 is 1.64.